The molecular formula is C15H31N3. The van der Waals surface area contributed by atoms with Crippen LogP contribution in [-0.2, 0) is 0 Å². The molecule has 2 heterocycles. The Bertz CT molecular complexity index is 224. The molecule has 1 unspecified atom stereocenters. The molecule has 0 aromatic rings. The molecule has 2 rings (SSSR count). The highest BCUT2D eigenvalue weighted by atomic mass is 15.1. The third-order valence-corrected chi connectivity index (χ3v) is 4.85. The average molecular weight is 253 g/mol. The Morgan fingerprint density at radius 1 is 1.00 bits per heavy atom. The van der Waals surface area contributed by atoms with Crippen LogP contribution in [0.2, 0.25) is 0 Å². The molecule has 3 heteroatoms. The molecule has 0 saturated carbocycles. The fourth-order valence-corrected chi connectivity index (χ4v) is 3.35. The molecule has 2 aliphatic heterocycles. The molecule has 2 saturated heterocycles. The summed E-state index contributed by atoms with van der Waals surface area (Å²) in [7, 11) is 4.53. The van der Waals surface area contributed by atoms with Crippen LogP contribution in [0.25, 0.3) is 0 Å². The molecule has 0 radical (unpaired) electrons. The van der Waals surface area contributed by atoms with Crippen LogP contribution in [0.1, 0.15) is 38.5 Å². The second kappa shape index (κ2) is 7.46. The van der Waals surface area contributed by atoms with Gasteiger partial charge in [-0.05, 0) is 84.8 Å². The molecule has 2 fully saturated rings. The Hall–Kier alpha value is -0.120. The fraction of sp³-hybridized carbons (Fsp3) is 1.00. The Balaban J connectivity index is 1.53. The molecule has 0 aromatic heterocycles. The van der Waals surface area contributed by atoms with Crippen molar-refractivity contribution in [2.75, 3.05) is 46.8 Å². The van der Waals surface area contributed by atoms with Gasteiger partial charge in [-0.3, -0.25) is 0 Å². The van der Waals surface area contributed by atoms with Gasteiger partial charge in [0.1, 0.15) is 0 Å². The summed E-state index contributed by atoms with van der Waals surface area (Å²) in [6, 6.07) is 0.837. The van der Waals surface area contributed by atoms with Gasteiger partial charge < -0.3 is 15.1 Å². The maximum absolute atomic E-state index is 3.69. The maximum Gasteiger partial charge on any atom is 0.0104 e. The zero-order valence-electron chi connectivity index (χ0n) is 12.3. The van der Waals surface area contributed by atoms with Crippen molar-refractivity contribution in [1.29, 1.82) is 0 Å². The average Bonchev–Trinajstić information content (AvgIpc) is 2.39. The topological polar surface area (TPSA) is 18.5 Å². The molecule has 106 valence electrons. The van der Waals surface area contributed by atoms with Crippen LogP contribution in [0.5, 0.6) is 0 Å². The van der Waals surface area contributed by atoms with E-state index in [0.29, 0.717) is 0 Å². The van der Waals surface area contributed by atoms with E-state index in [9.17, 15) is 0 Å². The van der Waals surface area contributed by atoms with Crippen molar-refractivity contribution in [2.45, 2.75) is 44.6 Å². The molecule has 1 atom stereocenters. The van der Waals surface area contributed by atoms with Gasteiger partial charge in [0.05, 0.1) is 0 Å². The van der Waals surface area contributed by atoms with Gasteiger partial charge in [0.15, 0.2) is 0 Å². The highest BCUT2D eigenvalue weighted by Crippen LogP contribution is 2.18. The van der Waals surface area contributed by atoms with E-state index in [1.54, 1.807) is 0 Å². The van der Waals surface area contributed by atoms with E-state index in [-0.39, 0.29) is 0 Å². The second-order valence-electron chi connectivity index (χ2n) is 6.37. The van der Waals surface area contributed by atoms with E-state index in [1.807, 2.05) is 0 Å². The van der Waals surface area contributed by atoms with Crippen molar-refractivity contribution in [3.8, 4) is 0 Å². The first kappa shape index (κ1) is 14.3. The number of nitrogens with one attached hydrogen (secondary N) is 1. The molecular weight excluding hydrogens is 222 g/mol. The summed E-state index contributed by atoms with van der Waals surface area (Å²) in [5.74, 6) is 0.922. The van der Waals surface area contributed by atoms with Gasteiger partial charge in [0.25, 0.3) is 0 Å². The van der Waals surface area contributed by atoms with Crippen molar-refractivity contribution >= 4 is 0 Å². The van der Waals surface area contributed by atoms with Gasteiger partial charge in [-0.25, -0.2) is 0 Å². The van der Waals surface area contributed by atoms with Crippen molar-refractivity contribution in [1.82, 2.24) is 15.1 Å². The minimum absolute atomic E-state index is 0.837. The monoisotopic (exact) mass is 253 g/mol. The van der Waals surface area contributed by atoms with Crippen molar-refractivity contribution in [3.63, 3.8) is 0 Å². The zero-order chi connectivity index (χ0) is 12.8. The first-order valence-corrected chi connectivity index (χ1v) is 7.85. The minimum Gasteiger partial charge on any atom is -0.316 e. The lowest BCUT2D eigenvalue weighted by atomic mass is 9.97. The van der Waals surface area contributed by atoms with E-state index in [0.717, 1.165) is 12.0 Å². The van der Waals surface area contributed by atoms with E-state index in [2.05, 4.69) is 29.2 Å². The molecule has 0 spiro atoms. The predicted octanol–water partition coefficient (Wildman–Crippen LogP) is 1.79. The molecule has 1 N–H and O–H groups in total. The smallest absolute Gasteiger partial charge is 0.0104 e. The van der Waals surface area contributed by atoms with E-state index in [1.165, 1.54) is 71.2 Å². The number of rotatable bonds is 5. The highest BCUT2D eigenvalue weighted by molar-refractivity contribution is 4.76. The second-order valence-corrected chi connectivity index (χ2v) is 6.37. The summed E-state index contributed by atoms with van der Waals surface area (Å²) >= 11 is 0. The van der Waals surface area contributed by atoms with Crippen LogP contribution in [-0.4, -0.2) is 62.7 Å². The molecule has 0 aromatic carbocycles. The standard InChI is InChI=1S/C15H31N3/c1-17-11-7-14(8-12-17)13-16-9-6-15-5-3-4-10-18(15)2/h14-16H,3-13H2,1-2H3. The Morgan fingerprint density at radius 2 is 1.78 bits per heavy atom. The highest BCUT2D eigenvalue weighted by Gasteiger charge is 2.19. The number of hydrogen-bond acceptors (Lipinski definition) is 3. The van der Waals surface area contributed by atoms with Gasteiger partial charge in [0.2, 0.25) is 0 Å². The first-order chi connectivity index (χ1) is 8.75. The van der Waals surface area contributed by atoms with Gasteiger partial charge in [0, 0.05) is 6.04 Å². The number of nitrogens with zero attached hydrogens (tertiary/aromatic N) is 2. The van der Waals surface area contributed by atoms with Gasteiger partial charge in [-0.15, -0.1) is 0 Å². The Labute approximate surface area is 113 Å². The number of likely N-dealkylation sites (tertiary alicyclic amines) is 2. The van der Waals surface area contributed by atoms with E-state index >= 15 is 0 Å². The van der Waals surface area contributed by atoms with Crippen molar-refractivity contribution in [3.05, 3.63) is 0 Å². The lowest BCUT2D eigenvalue weighted by Gasteiger charge is -2.33. The normalized spacial score (nSPS) is 28.7. The van der Waals surface area contributed by atoms with Gasteiger partial charge >= 0.3 is 0 Å². The van der Waals surface area contributed by atoms with Crippen LogP contribution in [0.3, 0.4) is 0 Å². The number of piperidine rings is 2. The number of hydrogen-bond donors (Lipinski definition) is 1. The van der Waals surface area contributed by atoms with E-state index in [4.69, 9.17) is 0 Å². The largest absolute Gasteiger partial charge is 0.316 e. The maximum atomic E-state index is 3.69. The summed E-state index contributed by atoms with van der Waals surface area (Å²) < 4.78 is 0. The summed E-state index contributed by atoms with van der Waals surface area (Å²) in [6.45, 7) is 6.33. The Morgan fingerprint density at radius 3 is 2.50 bits per heavy atom. The fourth-order valence-electron chi connectivity index (χ4n) is 3.35. The molecule has 3 nitrogen and oxygen atoms in total. The molecule has 0 aliphatic carbocycles. The van der Waals surface area contributed by atoms with Gasteiger partial charge in [-0.1, -0.05) is 6.42 Å². The predicted molar refractivity (Wildman–Crippen MR) is 78.0 cm³/mol. The van der Waals surface area contributed by atoms with Crippen LogP contribution in [0.4, 0.5) is 0 Å². The van der Waals surface area contributed by atoms with E-state index < -0.39 is 0 Å². The summed E-state index contributed by atoms with van der Waals surface area (Å²) in [5.41, 5.74) is 0. The third kappa shape index (κ3) is 4.52. The van der Waals surface area contributed by atoms with Crippen LogP contribution in [0.15, 0.2) is 0 Å². The quantitative estimate of drug-likeness (QED) is 0.754. The summed E-state index contributed by atoms with van der Waals surface area (Å²) in [4.78, 5) is 5.01. The third-order valence-electron chi connectivity index (χ3n) is 4.85. The molecule has 2 aliphatic rings. The zero-order valence-corrected chi connectivity index (χ0v) is 12.3. The first-order valence-electron chi connectivity index (χ1n) is 7.85. The molecule has 0 amide bonds. The van der Waals surface area contributed by atoms with Crippen molar-refractivity contribution < 1.29 is 0 Å². The van der Waals surface area contributed by atoms with Crippen molar-refractivity contribution in [2.24, 2.45) is 5.92 Å². The lowest BCUT2D eigenvalue weighted by Crippen LogP contribution is -2.39. The van der Waals surface area contributed by atoms with Crippen LogP contribution >= 0.6 is 0 Å². The summed E-state index contributed by atoms with van der Waals surface area (Å²) in [6.07, 6.45) is 8.34. The lowest BCUT2D eigenvalue weighted by molar-refractivity contribution is 0.173. The van der Waals surface area contributed by atoms with Crippen LogP contribution < -0.4 is 5.32 Å². The van der Waals surface area contributed by atoms with Crippen LogP contribution in [0, 0.1) is 5.92 Å². The minimum atomic E-state index is 0.837. The molecule has 0 bridgehead atoms. The SMILES string of the molecule is CN1CCC(CNCCC2CCCCN2C)CC1. The molecule has 18 heavy (non-hydrogen) atoms. The van der Waals surface area contributed by atoms with Gasteiger partial charge in [-0.2, -0.15) is 0 Å². The summed E-state index contributed by atoms with van der Waals surface area (Å²) in [5, 5.41) is 3.69. The Kier molecular flexibility index (Phi) is 5.93.